The van der Waals surface area contributed by atoms with Gasteiger partial charge in [-0.05, 0) is 73.4 Å². The lowest BCUT2D eigenvalue weighted by Crippen LogP contribution is -2.03. The second-order valence-electron chi connectivity index (χ2n) is 7.32. The number of carboxylic acids is 1. The topological polar surface area (TPSA) is 82.2 Å². The van der Waals surface area contributed by atoms with E-state index in [9.17, 15) is 9.59 Å². The fourth-order valence-electron chi connectivity index (χ4n) is 4.23. The molecular weight excluding hydrogens is 340 g/mol. The third kappa shape index (κ3) is 3.29. The van der Waals surface area contributed by atoms with E-state index >= 15 is 0 Å². The largest absolute Gasteiger partial charge is 0.481 e. The van der Waals surface area contributed by atoms with Crippen molar-refractivity contribution >= 4 is 29.2 Å². The van der Waals surface area contributed by atoms with Crippen LogP contribution in [0.3, 0.4) is 0 Å². The molecule has 0 unspecified atom stereocenters. The standard InChI is InChI=1S/C22H24N2O3/c1-2-14-15-5-3-4-6-18(15)23-20(14)12-17-16-11-13(8-10-21(25)26)7-9-19(16)24-22(17)27/h7,9,11-12,23H,2-6,8,10H2,1H3,(H,24,27)(H,25,26). The summed E-state index contributed by atoms with van der Waals surface area (Å²) < 4.78 is 0. The average Bonchev–Trinajstić information content (AvgIpc) is 3.17. The summed E-state index contributed by atoms with van der Waals surface area (Å²) in [6.07, 6.45) is 8.09. The summed E-state index contributed by atoms with van der Waals surface area (Å²) in [4.78, 5) is 27.0. The lowest BCUT2D eigenvalue weighted by molar-refractivity contribution is -0.137. The van der Waals surface area contributed by atoms with E-state index in [2.05, 4.69) is 17.2 Å². The zero-order chi connectivity index (χ0) is 19.0. The van der Waals surface area contributed by atoms with Gasteiger partial charge in [-0.3, -0.25) is 9.59 Å². The van der Waals surface area contributed by atoms with Crippen molar-refractivity contribution in [1.82, 2.24) is 4.98 Å². The summed E-state index contributed by atoms with van der Waals surface area (Å²) in [5.74, 6) is -0.917. The maximum Gasteiger partial charge on any atom is 0.303 e. The van der Waals surface area contributed by atoms with Crippen molar-refractivity contribution in [3.63, 3.8) is 0 Å². The molecule has 0 bridgehead atoms. The Balaban J connectivity index is 1.73. The summed E-state index contributed by atoms with van der Waals surface area (Å²) in [5, 5.41) is 11.8. The number of hydrogen-bond donors (Lipinski definition) is 3. The number of aryl methyl sites for hydroxylation is 2. The number of nitrogens with one attached hydrogen (secondary N) is 2. The Hall–Kier alpha value is -2.82. The van der Waals surface area contributed by atoms with E-state index in [0.29, 0.717) is 12.0 Å². The molecule has 5 nitrogen and oxygen atoms in total. The highest BCUT2D eigenvalue weighted by atomic mass is 16.4. The molecule has 27 heavy (non-hydrogen) atoms. The molecule has 140 valence electrons. The highest BCUT2D eigenvalue weighted by molar-refractivity contribution is 6.34. The average molecular weight is 364 g/mol. The Kier molecular flexibility index (Phi) is 4.60. The highest BCUT2D eigenvalue weighted by Crippen LogP contribution is 2.36. The summed E-state index contributed by atoms with van der Waals surface area (Å²) >= 11 is 0. The Morgan fingerprint density at radius 1 is 1.26 bits per heavy atom. The number of fused-ring (bicyclic) bond motifs is 2. The van der Waals surface area contributed by atoms with Crippen molar-refractivity contribution in [3.05, 3.63) is 51.8 Å². The van der Waals surface area contributed by atoms with Gasteiger partial charge in [0, 0.05) is 29.1 Å². The lowest BCUT2D eigenvalue weighted by atomic mass is 9.93. The smallest absolute Gasteiger partial charge is 0.303 e. The molecular formula is C22H24N2O3. The van der Waals surface area contributed by atoms with Crippen LogP contribution in [0.1, 0.15) is 59.8 Å². The Morgan fingerprint density at radius 2 is 2.07 bits per heavy atom. The van der Waals surface area contributed by atoms with Crippen LogP contribution in [-0.4, -0.2) is 22.0 Å². The number of carbonyl (C=O) groups excluding carboxylic acids is 1. The molecule has 1 aliphatic carbocycles. The van der Waals surface area contributed by atoms with E-state index in [1.54, 1.807) is 0 Å². The van der Waals surface area contributed by atoms with Crippen molar-refractivity contribution in [3.8, 4) is 0 Å². The minimum atomic E-state index is -0.815. The van der Waals surface area contributed by atoms with E-state index in [0.717, 1.165) is 41.8 Å². The van der Waals surface area contributed by atoms with Crippen LogP contribution in [0, 0.1) is 0 Å². The van der Waals surface area contributed by atoms with Crippen molar-refractivity contribution in [1.29, 1.82) is 0 Å². The van der Waals surface area contributed by atoms with Gasteiger partial charge in [-0.1, -0.05) is 13.0 Å². The Morgan fingerprint density at radius 3 is 2.85 bits per heavy atom. The van der Waals surface area contributed by atoms with Gasteiger partial charge in [-0.15, -0.1) is 0 Å². The van der Waals surface area contributed by atoms with Gasteiger partial charge in [0.1, 0.15) is 0 Å². The molecule has 2 heterocycles. The van der Waals surface area contributed by atoms with Crippen LogP contribution in [0.15, 0.2) is 18.2 Å². The third-order valence-corrected chi connectivity index (χ3v) is 5.58. The molecule has 1 aromatic carbocycles. The van der Waals surface area contributed by atoms with Gasteiger partial charge in [0.2, 0.25) is 0 Å². The number of hydrogen-bond acceptors (Lipinski definition) is 2. The number of anilines is 1. The molecule has 0 spiro atoms. The van der Waals surface area contributed by atoms with E-state index in [-0.39, 0.29) is 12.3 Å². The normalized spacial score (nSPS) is 16.9. The van der Waals surface area contributed by atoms with Gasteiger partial charge in [-0.2, -0.15) is 0 Å². The van der Waals surface area contributed by atoms with Gasteiger partial charge in [0.15, 0.2) is 0 Å². The number of amides is 1. The van der Waals surface area contributed by atoms with Crippen molar-refractivity contribution in [2.24, 2.45) is 0 Å². The number of aromatic nitrogens is 1. The summed E-state index contributed by atoms with van der Waals surface area (Å²) in [6, 6.07) is 5.69. The van der Waals surface area contributed by atoms with Crippen LogP contribution in [0.4, 0.5) is 5.69 Å². The molecule has 1 aromatic heterocycles. The van der Waals surface area contributed by atoms with Gasteiger partial charge in [0.25, 0.3) is 5.91 Å². The number of rotatable bonds is 5. The molecule has 1 amide bonds. The van der Waals surface area contributed by atoms with Gasteiger partial charge in [0.05, 0.1) is 5.57 Å². The van der Waals surface area contributed by atoms with E-state index in [1.807, 2.05) is 24.3 Å². The lowest BCUT2D eigenvalue weighted by Gasteiger charge is -2.11. The molecule has 2 aromatic rings. The zero-order valence-electron chi connectivity index (χ0n) is 15.5. The number of aliphatic carboxylic acids is 1. The summed E-state index contributed by atoms with van der Waals surface area (Å²) in [6.45, 7) is 2.16. The molecule has 5 heteroatoms. The molecule has 0 saturated carbocycles. The van der Waals surface area contributed by atoms with Crippen LogP contribution in [0.2, 0.25) is 0 Å². The number of H-pyrrole nitrogens is 1. The van der Waals surface area contributed by atoms with E-state index < -0.39 is 5.97 Å². The van der Waals surface area contributed by atoms with Gasteiger partial charge >= 0.3 is 5.97 Å². The maximum atomic E-state index is 12.6. The number of aromatic amines is 1. The predicted octanol–water partition coefficient (Wildman–Crippen LogP) is 3.97. The number of benzene rings is 1. The highest BCUT2D eigenvalue weighted by Gasteiger charge is 2.26. The molecule has 0 fully saturated rings. The third-order valence-electron chi connectivity index (χ3n) is 5.58. The van der Waals surface area contributed by atoms with Crippen LogP contribution < -0.4 is 5.32 Å². The minimum Gasteiger partial charge on any atom is -0.481 e. The van der Waals surface area contributed by atoms with Crippen molar-refractivity contribution < 1.29 is 14.7 Å². The minimum absolute atomic E-state index is 0.0859. The molecule has 3 N–H and O–H groups in total. The molecule has 4 rings (SSSR count). The van der Waals surface area contributed by atoms with Gasteiger partial charge in [-0.25, -0.2) is 0 Å². The van der Waals surface area contributed by atoms with Crippen LogP contribution >= 0.6 is 0 Å². The summed E-state index contributed by atoms with van der Waals surface area (Å²) in [7, 11) is 0. The second-order valence-corrected chi connectivity index (χ2v) is 7.32. The van der Waals surface area contributed by atoms with Crippen molar-refractivity contribution in [2.75, 3.05) is 5.32 Å². The molecule has 0 atom stereocenters. The quantitative estimate of drug-likeness (QED) is 0.702. The second kappa shape index (κ2) is 7.06. The van der Waals surface area contributed by atoms with Crippen molar-refractivity contribution in [2.45, 2.75) is 51.9 Å². The van der Waals surface area contributed by atoms with Crippen LogP contribution in [0.5, 0.6) is 0 Å². The van der Waals surface area contributed by atoms with Crippen LogP contribution in [0.25, 0.3) is 11.6 Å². The monoisotopic (exact) mass is 364 g/mol. The first kappa shape index (κ1) is 17.6. The number of carbonyl (C=O) groups is 2. The fourth-order valence-corrected chi connectivity index (χ4v) is 4.23. The van der Waals surface area contributed by atoms with Gasteiger partial charge < -0.3 is 15.4 Å². The first-order valence-corrected chi connectivity index (χ1v) is 9.67. The Labute approximate surface area is 158 Å². The predicted molar refractivity (Wildman–Crippen MR) is 106 cm³/mol. The SMILES string of the molecule is CCc1c(C=C2C(=O)Nc3ccc(CCC(=O)O)cc32)[nH]c2c1CCCC2. The first-order chi connectivity index (χ1) is 13.1. The first-order valence-electron chi connectivity index (χ1n) is 9.67. The maximum absolute atomic E-state index is 12.6. The van der Waals surface area contributed by atoms with E-state index in [1.165, 1.54) is 29.7 Å². The van der Waals surface area contributed by atoms with E-state index in [4.69, 9.17) is 5.11 Å². The number of carboxylic acid groups (broad SMARTS) is 1. The summed E-state index contributed by atoms with van der Waals surface area (Å²) in [5.41, 5.74) is 8.34. The molecule has 1 aliphatic heterocycles. The van der Waals surface area contributed by atoms with Crippen LogP contribution in [-0.2, 0) is 35.3 Å². The Bertz CT molecular complexity index is 953. The molecule has 0 saturated heterocycles. The molecule has 2 aliphatic rings. The molecule has 0 radical (unpaired) electrons. The fraction of sp³-hybridized carbons (Fsp3) is 0.364. The zero-order valence-corrected chi connectivity index (χ0v) is 15.5.